The molecule has 0 radical (unpaired) electrons. The molecule has 136 valence electrons. The molecule has 1 aliphatic carbocycles. The maximum Gasteiger partial charge on any atom is 0.240 e. The summed E-state index contributed by atoms with van der Waals surface area (Å²) >= 11 is 12.0. The minimum absolute atomic E-state index is 0.226. The smallest absolute Gasteiger partial charge is 0.240 e. The third kappa shape index (κ3) is 4.44. The molecule has 1 saturated carbocycles. The second kappa shape index (κ2) is 7.91. The zero-order chi connectivity index (χ0) is 17.9. The highest BCUT2D eigenvalue weighted by Gasteiger charge is 2.56. The van der Waals surface area contributed by atoms with Crippen molar-refractivity contribution in [2.24, 2.45) is 5.41 Å². The Labute approximate surface area is 156 Å². The van der Waals surface area contributed by atoms with E-state index >= 15 is 0 Å². The van der Waals surface area contributed by atoms with Crippen LogP contribution in [0.15, 0.2) is 18.2 Å². The summed E-state index contributed by atoms with van der Waals surface area (Å²) in [6.07, 6.45) is 1.08. The van der Waals surface area contributed by atoms with Crippen LogP contribution in [0.5, 0.6) is 0 Å². The van der Waals surface area contributed by atoms with Crippen LogP contribution in [0.3, 0.4) is 0 Å². The van der Waals surface area contributed by atoms with Crippen molar-refractivity contribution in [2.75, 3.05) is 44.7 Å². The second-order valence-corrected chi connectivity index (χ2v) is 7.21. The molecule has 1 aromatic rings. The Bertz CT molecular complexity index is 659. The molecule has 6 nitrogen and oxygen atoms in total. The summed E-state index contributed by atoms with van der Waals surface area (Å²) in [6.45, 7) is 4.46. The van der Waals surface area contributed by atoms with Gasteiger partial charge in [0.05, 0.1) is 23.9 Å². The van der Waals surface area contributed by atoms with Gasteiger partial charge in [-0.05, 0) is 31.0 Å². The molecule has 8 heteroatoms. The van der Waals surface area contributed by atoms with E-state index in [1.165, 1.54) is 0 Å². The van der Waals surface area contributed by atoms with E-state index in [0.717, 1.165) is 32.8 Å². The van der Waals surface area contributed by atoms with Gasteiger partial charge in [-0.1, -0.05) is 23.2 Å². The topological polar surface area (TPSA) is 70.7 Å². The third-order valence-corrected chi connectivity index (χ3v) is 5.18. The maximum atomic E-state index is 12.6. The summed E-state index contributed by atoms with van der Waals surface area (Å²) in [4.78, 5) is 27.3. The van der Waals surface area contributed by atoms with Crippen LogP contribution in [0, 0.1) is 5.41 Å². The first-order chi connectivity index (χ1) is 12.0. The van der Waals surface area contributed by atoms with Crippen LogP contribution in [0.2, 0.25) is 10.0 Å². The van der Waals surface area contributed by atoms with Crippen molar-refractivity contribution in [2.45, 2.75) is 12.8 Å². The highest BCUT2D eigenvalue weighted by molar-refractivity contribution is 6.36. The summed E-state index contributed by atoms with van der Waals surface area (Å²) in [5, 5.41) is 6.48. The molecule has 0 unspecified atom stereocenters. The van der Waals surface area contributed by atoms with Crippen LogP contribution >= 0.6 is 23.2 Å². The maximum absolute atomic E-state index is 12.6. The van der Waals surface area contributed by atoms with Gasteiger partial charge < -0.3 is 15.4 Å². The van der Waals surface area contributed by atoms with Crippen LogP contribution in [-0.2, 0) is 14.3 Å². The minimum atomic E-state index is -0.989. The van der Waals surface area contributed by atoms with Gasteiger partial charge in [0.25, 0.3) is 0 Å². The molecule has 0 atom stereocenters. The largest absolute Gasteiger partial charge is 0.379 e. The fraction of sp³-hybridized carbons (Fsp3) is 0.529. The standard InChI is InChI=1S/C17H21Cl2N3O3/c18-12-1-2-13(19)14(11-12)21-16(24)17(3-4-17)15(23)20-5-6-22-7-9-25-10-8-22/h1-2,11H,3-10H2,(H,20,23)(H,21,24). The van der Waals surface area contributed by atoms with E-state index in [0.29, 0.717) is 35.1 Å². The molecule has 0 aromatic heterocycles. The Balaban J connectivity index is 1.52. The van der Waals surface area contributed by atoms with Gasteiger partial charge in [-0.2, -0.15) is 0 Å². The minimum Gasteiger partial charge on any atom is -0.379 e. The molecule has 25 heavy (non-hydrogen) atoms. The summed E-state index contributed by atoms with van der Waals surface area (Å²) < 4.78 is 5.30. The van der Waals surface area contributed by atoms with Gasteiger partial charge in [0, 0.05) is 31.2 Å². The predicted octanol–water partition coefficient (Wildman–Crippen LogP) is 2.16. The van der Waals surface area contributed by atoms with E-state index in [4.69, 9.17) is 27.9 Å². The number of carbonyl (C=O) groups excluding carboxylic acids is 2. The summed E-state index contributed by atoms with van der Waals surface area (Å²) in [6, 6.07) is 4.83. The summed E-state index contributed by atoms with van der Waals surface area (Å²) in [5.74, 6) is -0.558. The number of halogens is 2. The van der Waals surface area contributed by atoms with Crippen LogP contribution < -0.4 is 10.6 Å². The first-order valence-electron chi connectivity index (χ1n) is 8.36. The van der Waals surface area contributed by atoms with Crippen molar-refractivity contribution < 1.29 is 14.3 Å². The molecule has 1 saturated heterocycles. The SMILES string of the molecule is O=C(NCCN1CCOCC1)C1(C(=O)Nc2cc(Cl)ccc2Cl)CC1. The Morgan fingerprint density at radius 3 is 2.56 bits per heavy atom. The second-order valence-electron chi connectivity index (χ2n) is 6.37. The van der Waals surface area contributed by atoms with Crippen molar-refractivity contribution in [3.8, 4) is 0 Å². The van der Waals surface area contributed by atoms with Crippen molar-refractivity contribution in [1.82, 2.24) is 10.2 Å². The number of amides is 2. The van der Waals surface area contributed by atoms with Crippen LogP contribution in [0.25, 0.3) is 0 Å². The molecule has 1 aromatic carbocycles. The van der Waals surface area contributed by atoms with Crippen molar-refractivity contribution in [3.63, 3.8) is 0 Å². The van der Waals surface area contributed by atoms with Gasteiger partial charge in [0.2, 0.25) is 11.8 Å². The van der Waals surface area contributed by atoms with E-state index in [1.807, 2.05) is 0 Å². The van der Waals surface area contributed by atoms with E-state index in [2.05, 4.69) is 15.5 Å². The zero-order valence-corrected chi connectivity index (χ0v) is 15.3. The number of nitrogens with one attached hydrogen (secondary N) is 2. The number of hydrogen-bond acceptors (Lipinski definition) is 4. The highest BCUT2D eigenvalue weighted by Crippen LogP contribution is 2.47. The molecule has 2 fully saturated rings. The molecule has 0 spiro atoms. The van der Waals surface area contributed by atoms with Crippen molar-refractivity contribution in [1.29, 1.82) is 0 Å². The molecule has 2 aliphatic rings. The van der Waals surface area contributed by atoms with E-state index in [1.54, 1.807) is 18.2 Å². The number of morpholine rings is 1. The van der Waals surface area contributed by atoms with Gasteiger partial charge in [0.15, 0.2) is 0 Å². The van der Waals surface area contributed by atoms with E-state index in [-0.39, 0.29) is 11.8 Å². The number of nitrogens with zero attached hydrogens (tertiary/aromatic N) is 1. The first-order valence-corrected chi connectivity index (χ1v) is 9.12. The van der Waals surface area contributed by atoms with Gasteiger partial charge in [-0.15, -0.1) is 0 Å². The van der Waals surface area contributed by atoms with Gasteiger partial charge in [0.1, 0.15) is 5.41 Å². The number of ether oxygens (including phenoxy) is 1. The normalized spacial score (nSPS) is 19.3. The summed E-state index contributed by atoms with van der Waals surface area (Å²) in [7, 11) is 0. The molecule has 1 heterocycles. The Hall–Kier alpha value is -1.34. The number of carbonyl (C=O) groups is 2. The van der Waals surface area contributed by atoms with Crippen molar-refractivity contribution >= 4 is 40.7 Å². The molecule has 3 rings (SSSR count). The average Bonchev–Trinajstić information content (AvgIpc) is 3.41. The van der Waals surface area contributed by atoms with Gasteiger partial charge >= 0.3 is 0 Å². The molecule has 1 aliphatic heterocycles. The van der Waals surface area contributed by atoms with Gasteiger partial charge in [-0.25, -0.2) is 0 Å². The lowest BCUT2D eigenvalue weighted by Crippen LogP contribution is -2.45. The third-order valence-electron chi connectivity index (χ3n) is 4.61. The van der Waals surface area contributed by atoms with Crippen LogP contribution in [0.4, 0.5) is 5.69 Å². The predicted molar refractivity (Wildman–Crippen MR) is 97.0 cm³/mol. The molecule has 0 bridgehead atoms. The number of rotatable bonds is 6. The summed E-state index contributed by atoms with van der Waals surface area (Å²) in [5.41, 5.74) is -0.567. The first kappa shape index (κ1) is 18.5. The molecular weight excluding hydrogens is 365 g/mol. The Kier molecular flexibility index (Phi) is 5.84. The molecule has 2 N–H and O–H groups in total. The van der Waals surface area contributed by atoms with E-state index < -0.39 is 5.41 Å². The quantitative estimate of drug-likeness (QED) is 0.736. The Morgan fingerprint density at radius 1 is 1.16 bits per heavy atom. The molecule has 2 amide bonds. The Morgan fingerprint density at radius 2 is 1.88 bits per heavy atom. The number of hydrogen-bond donors (Lipinski definition) is 2. The monoisotopic (exact) mass is 385 g/mol. The van der Waals surface area contributed by atoms with Gasteiger partial charge in [-0.3, -0.25) is 14.5 Å². The zero-order valence-electron chi connectivity index (χ0n) is 13.8. The van der Waals surface area contributed by atoms with Crippen molar-refractivity contribution in [3.05, 3.63) is 28.2 Å². The lowest BCUT2D eigenvalue weighted by atomic mass is 10.1. The fourth-order valence-electron chi connectivity index (χ4n) is 2.84. The van der Waals surface area contributed by atoms with Crippen LogP contribution in [-0.4, -0.2) is 56.1 Å². The highest BCUT2D eigenvalue weighted by atomic mass is 35.5. The average molecular weight is 386 g/mol. The fourth-order valence-corrected chi connectivity index (χ4v) is 3.18. The lowest BCUT2D eigenvalue weighted by Gasteiger charge is -2.26. The van der Waals surface area contributed by atoms with E-state index in [9.17, 15) is 9.59 Å². The van der Waals surface area contributed by atoms with Crippen LogP contribution in [0.1, 0.15) is 12.8 Å². The number of anilines is 1. The lowest BCUT2D eigenvalue weighted by molar-refractivity contribution is -0.134. The molecular formula is C17H21Cl2N3O3. The number of benzene rings is 1.